The normalized spacial score (nSPS) is 12.4. The maximum atomic E-state index is 12.3. The van der Waals surface area contributed by atoms with Crippen LogP contribution in [-0.2, 0) is 10.0 Å². The molecule has 2 aromatic rings. The maximum Gasteiger partial charge on any atom is 0.261 e. The summed E-state index contributed by atoms with van der Waals surface area (Å²) in [5.74, 6) is 0.355. The van der Waals surface area contributed by atoms with E-state index in [1.54, 1.807) is 42.5 Å². The molecule has 0 unspecified atom stereocenters. The number of carbonyl (C=O) groups is 1. The van der Waals surface area contributed by atoms with Crippen LogP contribution in [0.25, 0.3) is 0 Å². The second-order valence-electron chi connectivity index (χ2n) is 6.62. The van der Waals surface area contributed by atoms with Crippen molar-refractivity contribution in [3.63, 3.8) is 0 Å². The van der Waals surface area contributed by atoms with Gasteiger partial charge in [-0.1, -0.05) is 51.3 Å². The minimum atomic E-state index is -3.63. The first-order chi connectivity index (χ1) is 13.0. The molecule has 6 heteroatoms. The van der Waals surface area contributed by atoms with Crippen LogP contribution in [0.4, 0.5) is 5.69 Å². The maximum absolute atomic E-state index is 12.3. The number of amides is 1. The van der Waals surface area contributed by atoms with Gasteiger partial charge in [-0.2, -0.15) is 0 Å². The summed E-state index contributed by atoms with van der Waals surface area (Å²) in [6.07, 6.45) is 4.49. The van der Waals surface area contributed by atoms with Crippen LogP contribution in [0.15, 0.2) is 59.5 Å². The molecule has 0 saturated carbocycles. The van der Waals surface area contributed by atoms with E-state index < -0.39 is 10.0 Å². The van der Waals surface area contributed by atoms with Crippen LogP contribution >= 0.6 is 0 Å². The second-order valence-corrected chi connectivity index (χ2v) is 8.30. The van der Waals surface area contributed by atoms with Gasteiger partial charge in [0.15, 0.2) is 0 Å². The third-order valence-electron chi connectivity index (χ3n) is 4.55. The Hall–Kier alpha value is -2.34. The molecule has 2 rings (SSSR count). The van der Waals surface area contributed by atoms with Crippen molar-refractivity contribution >= 4 is 21.6 Å². The van der Waals surface area contributed by atoms with Gasteiger partial charge in [0, 0.05) is 17.8 Å². The van der Waals surface area contributed by atoms with Gasteiger partial charge in [0.1, 0.15) is 0 Å². The highest BCUT2D eigenvalue weighted by Gasteiger charge is 2.14. The van der Waals surface area contributed by atoms with E-state index in [0.717, 1.165) is 19.3 Å². The smallest absolute Gasteiger partial charge is 0.261 e. The summed E-state index contributed by atoms with van der Waals surface area (Å²) in [6.45, 7) is 4.97. The molecule has 0 saturated heterocycles. The number of hydrogen-bond donors (Lipinski definition) is 2. The molecule has 5 nitrogen and oxygen atoms in total. The lowest BCUT2D eigenvalue weighted by atomic mass is 9.99. The monoisotopic (exact) mass is 388 g/mol. The average Bonchev–Trinajstić information content (AvgIpc) is 2.69. The molecule has 0 bridgehead atoms. The van der Waals surface area contributed by atoms with Crippen molar-refractivity contribution in [2.75, 3.05) is 11.3 Å². The van der Waals surface area contributed by atoms with Gasteiger partial charge >= 0.3 is 0 Å². The van der Waals surface area contributed by atoms with E-state index in [4.69, 9.17) is 0 Å². The zero-order valence-corrected chi connectivity index (χ0v) is 16.8. The number of carbonyl (C=O) groups excluding carboxylic acids is 1. The van der Waals surface area contributed by atoms with Gasteiger partial charge in [-0.3, -0.25) is 9.52 Å². The third-order valence-corrected chi connectivity index (χ3v) is 5.94. The molecule has 0 aliphatic rings. The first kappa shape index (κ1) is 21.0. The summed E-state index contributed by atoms with van der Waals surface area (Å²) < 4.78 is 27.2. The predicted molar refractivity (Wildman–Crippen MR) is 109 cm³/mol. The molecule has 1 amide bonds. The topological polar surface area (TPSA) is 75.3 Å². The summed E-state index contributed by atoms with van der Waals surface area (Å²) in [6, 6.07) is 14.6. The number of unbranched alkanes of at least 4 members (excludes halogenated alkanes) is 1. The average molecular weight is 389 g/mol. The van der Waals surface area contributed by atoms with E-state index in [2.05, 4.69) is 23.9 Å². The molecular formula is C21H28N2O3S. The SMILES string of the molecule is CCCC[C@H](CC)CNC(=O)c1ccc(NS(=O)(=O)c2ccccc2)cc1. The highest BCUT2D eigenvalue weighted by atomic mass is 32.2. The minimum absolute atomic E-state index is 0.137. The van der Waals surface area contributed by atoms with Gasteiger partial charge in [0.05, 0.1) is 4.90 Å². The summed E-state index contributed by atoms with van der Waals surface area (Å²) in [4.78, 5) is 12.5. The lowest BCUT2D eigenvalue weighted by Crippen LogP contribution is -2.29. The Morgan fingerprint density at radius 3 is 2.26 bits per heavy atom. The second kappa shape index (κ2) is 10.1. The van der Waals surface area contributed by atoms with Crippen LogP contribution in [0, 0.1) is 5.92 Å². The van der Waals surface area contributed by atoms with E-state index in [-0.39, 0.29) is 10.8 Å². The van der Waals surface area contributed by atoms with Gasteiger partial charge in [-0.05, 0) is 48.7 Å². The zero-order valence-electron chi connectivity index (χ0n) is 15.9. The number of sulfonamides is 1. The molecule has 0 aromatic heterocycles. The Bertz CT molecular complexity index is 818. The number of rotatable bonds is 10. The van der Waals surface area contributed by atoms with Crippen molar-refractivity contribution in [1.82, 2.24) is 5.32 Å². The first-order valence-corrected chi connectivity index (χ1v) is 10.9. The lowest BCUT2D eigenvalue weighted by molar-refractivity contribution is 0.0946. The van der Waals surface area contributed by atoms with Crippen molar-refractivity contribution in [3.8, 4) is 0 Å². The van der Waals surface area contributed by atoms with Gasteiger partial charge in [-0.15, -0.1) is 0 Å². The number of anilines is 1. The fraction of sp³-hybridized carbons (Fsp3) is 0.381. The van der Waals surface area contributed by atoms with Crippen LogP contribution in [0.3, 0.4) is 0 Å². The third kappa shape index (κ3) is 6.40. The van der Waals surface area contributed by atoms with Crippen LogP contribution in [-0.4, -0.2) is 20.9 Å². The van der Waals surface area contributed by atoms with E-state index >= 15 is 0 Å². The first-order valence-electron chi connectivity index (χ1n) is 9.42. The Morgan fingerprint density at radius 2 is 1.67 bits per heavy atom. The van der Waals surface area contributed by atoms with Crippen molar-refractivity contribution in [2.24, 2.45) is 5.92 Å². The van der Waals surface area contributed by atoms with Crippen LogP contribution in [0.5, 0.6) is 0 Å². The molecule has 0 aliphatic heterocycles. The number of hydrogen-bond acceptors (Lipinski definition) is 3. The van der Waals surface area contributed by atoms with Crippen LogP contribution in [0.2, 0.25) is 0 Å². The molecule has 27 heavy (non-hydrogen) atoms. The molecule has 2 aromatic carbocycles. The molecular weight excluding hydrogens is 360 g/mol. The van der Waals surface area contributed by atoms with Gasteiger partial charge < -0.3 is 5.32 Å². The largest absolute Gasteiger partial charge is 0.352 e. The van der Waals surface area contributed by atoms with Gasteiger partial charge in [-0.25, -0.2) is 8.42 Å². The van der Waals surface area contributed by atoms with Gasteiger partial charge in [0.2, 0.25) is 0 Å². The van der Waals surface area contributed by atoms with Crippen molar-refractivity contribution in [3.05, 3.63) is 60.2 Å². The van der Waals surface area contributed by atoms with E-state index in [1.807, 2.05) is 0 Å². The van der Waals surface area contributed by atoms with Crippen molar-refractivity contribution in [1.29, 1.82) is 0 Å². The predicted octanol–water partition coefficient (Wildman–Crippen LogP) is 4.43. The highest BCUT2D eigenvalue weighted by molar-refractivity contribution is 7.92. The quantitative estimate of drug-likeness (QED) is 0.632. The molecule has 146 valence electrons. The molecule has 1 atom stereocenters. The Kier molecular flexibility index (Phi) is 7.85. The zero-order chi connectivity index (χ0) is 19.7. The van der Waals surface area contributed by atoms with Crippen molar-refractivity contribution in [2.45, 2.75) is 44.4 Å². The summed E-state index contributed by atoms with van der Waals surface area (Å²) in [5.41, 5.74) is 0.938. The number of nitrogens with one attached hydrogen (secondary N) is 2. The molecule has 0 heterocycles. The summed E-state index contributed by atoms with van der Waals surface area (Å²) in [7, 11) is -3.63. The highest BCUT2D eigenvalue weighted by Crippen LogP contribution is 2.17. The standard InChI is InChI=1S/C21H28N2O3S/c1-3-5-9-17(4-2)16-22-21(24)18-12-14-19(15-13-18)23-27(25,26)20-10-7-6-8-11-20/h6-8,10-15,17,23H,3-5,9,16H2,1-2H3,(H,22,24)/t17-/m0/s1. The van der Waals surface area contributed by atoms with Gasteiger partial charge in [0.25, 0.3) is 15.9 Å². The molecule has 0 radical (unpaired) electrons. The molecule has 2 N–H and O–H groups in total. The Balaban J connectivity index is 1.95. The van der Waals surface area contributed by atoms with E-state index in [0.29, 0.717) is 23.7 Å². The fourth-order valence-corrected chi connectivity index (χ4v) is 3.87. The summed E-state index contributed by atoms with van der Waals surface area (Å²) >= 11 is 0. The van der Waals surface area contributed by atoms with Crippen LogP contribution in [0.1, 0.15) is 49.9 Å². The van der Waals surface area contributed by atoms with Crippen LogP contribution < -0.4 is 10.0 Å². The Labute approximate surface area is 162 Å². The molecule has 0 aliphatic carbocycles. The Morgan fingerprint density at radius 1 is 1.00 bits per heavy atom. The molecule has 0 fully saturated rings. The van der Waals surface area contributed by atoms with Crippen molar-refractivity contribution < 1.29 is 13.2 Å². The molecule has 0 spiro atoms. The number of benzene rings is 2. The minimum Gasteiger partial charge on any atom is -0.352 e. The lowest BCUT2D eigenvalue weighted by Gasteiger charge is -2.15. The van der Waals surface area contributed by atoms with E-state index in [9.17, 15) is 13.2 Å². The summed E-state index contributed by atoms with van der Waals surface area (Å²) in [5, 5.41) is 2.97. The fourth-order valence-electron chi connectivity index (χ4n) is 2.79. The van der Waals surface area contributed by atoms with E-state index in [1.165, 1.54) is 18.6 Å².